The van der Waals surface area contributed by atoms with Crippen molar-refractivity contribution in [3.63, 3.8) is 0 Å². The number of ether oxygens (including phenoxy) is 2. The monoisotopic (exact) mass is 349 g/mol. The van der Waals surface area contributed by atoms with Gasteiger partial charge in [-0.25, -0.2) is 4.98 Å². The van der Waals surface area contributed by atoms with E-state index in [9.17, 15) is 4.79 Å². The second kappa shape index (κ2) is 6.41. The van der Waals surface area contributed by atoms with Crippen molar-refractivity contribution in [3.8, 4) is 17.7 Å². The van der Waals surface area contributed by atoms with Gasteiger partial charge in [-0.1, -0.05) is 12.1 Å². The number of nitrogens with zero attached hydrogens (tertiary/aromatic N) is 3. The van der Waals surface area contributed by atoms with E-state index in [1.54, 1.807) is 36.3 Å². The van der Waals surface area contributed by atoms with Crippen LogP contribution in [0, 0.1) is 11.3 Å². The maximum atomic E-state index is 12.6. The molecule has 0 N–H and O–H groups in total. The Kier molecular flexibility index (Phi) is 3.93. The lowest BCUT2D eigenvalue weighted by atomic mass is 10.1. The zero-order chi connectivity index (χ0) is 18.1. The van der Waals surface area contributed by atoms with Gasteiger partial charge < -0.3 is 18.8 Å². The molecule has 2 aromatic heterocycles. The first-order valence-corrected chi connectivity index (χ1v) is 8.06. The van der Waals surface area contributed by atoms with Gasteiger partial charge in [0.1, 0.15) is 6.10 Å². The molecule has 7 heteroatoms. The van der Waals surface area contributed by atoms with Crippen molar-refractivity contribution >= 4 is 16.9 Å². The number of hydrogen-bond donors (Lipinski definition) is 0. The molecule has 1 aromatic carbocycles. The van der Waals surface area contributed by atoms with E-state index in [1.807, 2.05) is 18.2 Å². The van der Waals surface area contributed by atoms with E-state index >= 15 is 0 Å². The average molecular weight is 349 g/mol. The Labute approximate surface area is 149 Å². The van der Waals surface area contributed by atoms with E-state index < -0.39 is 0 Å². The number of carbonyl (C=O) groups excluding carboxylic acids is 1. The van der Waals surface area contributed by atoms with Gasteiger partial charge in [-0.15, -0.1) is 0 Å². The zero-order valence-corrected chi connectivity index (χ0v) is 14.0. The van der Waals surface area contributed by atoms with Gasteiger partial charge in [0.05, 0.1) is 31.8 Å². The Bertz CT molecular complexity index is 1020. The molecule has 3 aromatic rings. The van der Waals surface area contributed by atoms with Crippen LogP contribution in [0.25, 0.3) is 11.0 Å². The number of aromatic nitrogens is 1. The molecule has 0 unspecified atom stereocenters. The number of rotatable bonds is 4. The van der Waals surface area contributed by atoms with Crippen LogP contribution < -0.4 is 9.47 Å². The predicted molar refractivity (Wildman–Crippen MR) is 92.0 cm³/mol. The highest BCUT2D eigenvalue weighted by Gasteiger charge is 2.34. The summed E-state index contributed by atoms with van der Waals surface area (Å²) in [5, 5.41) is 9.72. The number of pyridine rings is 1. The molecule has 0 bridgehead atoms. The number of hydrogen-bond acceptors (Lipinski definition) is 6. The topological polar surface area (TPSA) is 88.6 Å². The van der Waals surface area contributed by atoms with Crippen molar-refractivity contribution in [2.75, 3.05) is 20.2 Å². The molecule has 1 aliphatic heterocycles. The van der Waals surface area contributed by atoms with Gasteiger partial charge >= 0.3 is 0 Å². The fraction of sp³-hybridized carbons (Fsp3) is 0.211. The smallest absolute Gasteiger partial charge is 0.289 e. The van der Waals surface area contributed by atoms with E-state index in [-0.39, 0.29) is 17.8 Å². The molecule has 4 rings (SSSR count). The summed E-state index contributed by atoms with van der Waals surface area (Å²) in [5.74, 6) is 1.05. The first-order valence-electron chi connectivity index (χ1n) is 8.06. The summed E-state index contributed by atoms with van der Waals surface area (Å²) in [6.07, 6.45) is 1.37. The molecule has 0 saturated carbocycles. The molecular weight excluding hydrogens is 334 g/mol. The molecule has 0 spiro atoms. The van der Waals surface area contributed by atoms with E-state index in [0.717, 1.165) is 5.39 Å². The maximum absolute atomic E-state index is 12.6. The molecule has 1 aliphatic rings. The molecule has 0 radical (unpaired) electrons. The quantitative estimate of drug-likeness (QED) is 0.719. The van der Waals surface area contributed by atoms with Gasteiger partial charge in [-0.05, 0) is 18.2 Å². The molecule has 26 heavy (non-hydrogen) atoms. The minimum absolute atomic E-state index is 0.153. The molecule has 1 saturated heterocycles. The largest absolute Gasteiger partial charge is 0.493 e. The Morgan fingerprint density at radius 2 is 2.19 bits per heavy atom. The number of furan rings is 1. The summed E-state index contributed by atoms with van der Waals surface area (Å²) in [6.45, 7) is 0.872. The zero-order valence-electron chi connectivity index (χ0n) is 14.0. The van der Waals surface area contributed by atoms with E-state index in [1.165, 1.54) is 6.20 Å². The van der Waals surface area contributed by atoms with Crippen LogP contribution in [0.4, 0.5) is 0 Å². The number of carbonyl (C=O) groups is 1. The third kappa shape index (κ3) is 2.82. The summed E-state index contributed by atoms with van der Waals surface area (Å²) >= 11 is 0. The van der Waals surface area contributed by atoms with E-state index in [4.69, 9.17) is 19.2 Å². The standard InChI is InChI=1S/C19H15N3O4/c1-24-15-4-2-3-13-8-16(26-18(13)15)19(23)22-10-14(11-22)25-17-7-12(9-20)5-6-21-17/h2-8,14H,10-11H2,1H3. The number of nitriles is 1. The lowest BCUT2D eigenvalue weighted by Gasteiger charge is -2.38. The van der Waals surface area contributed by atoms with Crippen molar-refractivity contribution in [2.24, 2.45) is 0 Å². The Hall–Kier alpha value is -3.53. The lowest BCUT2D eigenvalue weighted by Crippen LogP contribution is -2.56. The fourth-order valence-electron chi connectivity index (χ4n) is 2.85. The normalized spacial score (nSPS) is 13.9. The summed E-state index contributed by atoms with van der Waals surface area (Å²) in [7, 11) is 1.56. The fourth-order valence-corrected chi connectivity index (χ4v) is 2.85. The second-order valence-electron chi connectivity index (χ2n) is 5.93. The molecule has 0 atom stereocenters. The van der Waals surface area contributed by atoms with E-state index in [2.05, 4.69) is 4.98 Å². The van der Waals surface area contributed by atoms with Gasteiger partial charge in [0, 0.05) is 17.6 Å². The highest BCUT2D eigenvalue weighted by Crippen LogP contribution is 2.29. The number of fused-ring (bicyclic) bond motifs is 1. The second-order valence-corrected chi connectivity index (χ2v) is 5.93. The van der Waals surface area contributed by atoms with Crippen molar-refractivity contribution < 1.29 is 18.7 Å². The predicted octanol–water partition coefficient (Wildman–Crippen LogP) is 2.61. The van der Waals surface area contributed by atoms with Crippen LogP contribution in [-0.2, 0) is 0 Å². The molecule has 7 nitrogen and oxygen atoms in total. The summed E-state index contributed by atoms with van der Waals surface area (Å²) in [6, 6.07) is 12.4. The third-order valence-corrected chi connectivity index (χ3v) is 4.23. The van der Waals surface area contributed by atoms with Gasteiger partial charge in [-0.3, -0.25) is 4.79 Å². The maximum Gasteiger partial charge on any atom is 0.289 e. The Balaban J connectivity index is 1.42. The van der Waals surface area contributed by atoms with Crippen molar-refractivity contribution in [1.29, 1.82) is 5.26 Å². The van der Waals surface area contributed by atoms with E-state index in [0.29, 0.717) is 35.9 Å². The van der Waals surface area contributed by atoms with Crippen LogP contribution >= 0.6 is 0 Å². The summed E-state index contributed by atoms with van der Waals surface area (Å²) in [5.41, 5.74) is 1.04. The minimum Gasteiger partial charge on any atom is -0.493 e. The van der Waals surface area contributed by atoms with Crippen molar-refractivity contribution in [1.82, 2.24) is 9.88 Å². The van der Waals surface area contributed by atoms with Crippen LogP contribution in [0.2, 0.25) is 0 Å². The van der Waals surface area contributed by atoms with Crippen molar-refractivity contribution in [2.45, 2.75) is 6.10 Å². The Morgan fingerprint density at radius 1 is 1.35 bits per heavy atom. The highest BCUT2D eigenvalue weighted by atomic mass is 16.5. The number of amides is 1. The SMILES string of the molecule is COc1cccc2cc(C(=O)N3CC(Oc4cc(C#N)ccn4)C3)oc12. The number of methoxy groups -OCH3 is 1. The first-order chi connectivity index (χ1) is 12.7. The number of likely N-dealkylation sites (tertiary alicyclic amines) is 1. The van der Waals surface area contributed by atoms with Gasteiger partial charge in [0.2, 0.25) is 5.88 Å². The van der Waals surface area contributed by atoms with Gasteiger partial charge in [0.25, 0.3) is 5.91 Å². The van der Waals surface area contributed by atoms with Crippen LogP contribution in [0.1, 0.15) is 16.1 Å². The van der Waals surface area contributed by atoms with Gasteiger partial charge in [-0.2, -0.15) is 5.26 Å². The average Bonchev–Trinajstić information content (AvgIpc) is 3.08. The minimum atomic E-state index is -0.193. The molecule has 1 amide bonds. The van der Waals surface area contributed by atoms with Crippen LogP contribution in [0.5, 0.6) is 11.6 Å². The highest BCUT2D eigenvalue weighted by molar-refractivity contribution is 5.97. The first kappa shape index (κ1) is 16.0. The van der Waals surface area contributed by atoms with Crippen LogP contribution in [0.15, 0.2) is 47.0 Å². The van der Waals surface area contributed by atoms with Crippen LogP contribution in [-0.4, -0.2) is 42.1 Å². The molecule has 3 heterocycles. The van der Waals surface area contributed by atoms with Gasteiger partial charge in [0.15, 0.2) is 17.1 Å². The number of para-hydroxylation sites is 1. The molecule has 1 fully saturated rings. The third-order valence-electron chi connectivity index (χ3n) is 4.23. The Morgan fingerprint density at radius 3 is 2.96 bits per heavy atom. The summed E-state index contributed by atoms with van der Waals surface area (Å²) in [4.78, 5) is 18.3. The molecular formula is C19H15N3O4. The summed E-state index contributed by atoms with van der Waals surface area (Å²) < 4.78 is 16.6. The van der Waals surface area contributed by atoms with Crippen molar-refractivity contribution in [3.05, 3.63) is 53.9 Å². The molecule has 130 valence electrons. The van der Waals surface area contributed by atoms with Crippen LogP contribution in [0.3, 0.4) is 0 Å². The number of benzene rings is 1. The molecule has 0 aliphatic carbocycles. The lowest BCUT2D eigenvalue weighted by molar-refractivity contribution is 0.0139.